The normalized spacial score (nSPS) is 16.9. The van der Waals surface area contributed by atoms with Crippen LogP contribution in [0.15, 0.2) is 12.1 Å². The molecule has 0 aromatic carbocycles. The smallest absolute Gasteiger partial charge is 0.276 e. The second kappa shape index (κ2) is 5.91. The molecule has 2 aromatic rings. The first kappa shape index (κ1) is 13.5. The van der Waals surface area contributed by atoms with Gasteiger partial charge in [0.2, 0.25) is 5.88 Å². The van der Waals surface area contributed by atoms with E-state index < -0.39 is 12.8 Å². The van der Waals surface area contributed by atoms with Gasteiger partial charge in [-0.05, 0) is 31.7 Å². The summed E-state index contributed by atoms with van der Waals surface area (Å²) in [6.45, 7) is 1.88. The number of ether oxygens (including phenoxy) is 2. The molecule has 6 heteroatoms. The van der Waals surface area contributed by atoms with Gasteiger partial charge in [-0.25, -0.2) is 14.4 Å². The van der Waals surface area contributed by atoms with Crippen LogP contribution in [0.5, 0.6) is 11.1 Å². The summed E-state index contributed by atoms with van der Waals surface area (Å²) in [5.41, 5.74) is 0.757. The fourth-order valence-electron chi connectivity index (χ4n) is 1.98. The van der Waals surface area contributed by atoms with Crippen LogP contribution >= 0.6 is 11.3 Å². The summed E-state index contributed by atoms with van der Waals surface area (Å²) >= 11 is 1.32. The van der Waals surface area contributed by atoms with Gasteiger partial charge in [-0.2, -0.15) is 0 Å². The van der Waals surface area contributed by atoms with Gasteiger partial charge >= 0.3 is 0 Å². The molecule has 1 aliphatic rings. The molecule has 0 amide bonds. The summed E-state index contributed by atoms with van der Waals surface area (Å²) in [7, 11) is 0. The minimum Gasteiger partial charge on any atom is -0.477 e. The molecule has 0 saturated heterocycles. The third kappa shape index (κ3) is 3.00. The number of rotatable bonds is 6. The summed E-state index contributed by atoms with van der Waals surface area (Å²) in [6, 6.07) is 3.69. The standard InChI is InChI=1S/C14H17FN2O2S/c1-9(7-15)19-14-16-11-5-6-12(17-13(11)20-14)18-8-10-3-2-4-10/h5-6,9-10H,2-4,7-8H2,1H3. The molecule has 1 aliphatic carbocycles. The first-order valence-corrected chi connectivity index (χ1v) is 7.69. The van der Waals surface area contributed by atoms with E-state index in [1.807, 2.05) is 12.1 Å². The van der Waals surface area contributed by atoms with Crippen molar-refractivity contribution in [1.82, 2.24) is 9.97 Å². The highest BCUT2D eigenvalue weighted by Gasteiger charge is 2.18. The molecule has 2 aromatic heterocycles. The van der Waals surface area contributed by atoms with Crippen molar-refractivity contribution in [3.63, 3.8) is 0 Å². The molecule has 108 valence electrons. The van der Waals surface area contributed by atoms with E-state index in [2.05, 4.69) is 9.97 Å². The van der Waals surface area contributed by atoms with Crippen LogP contribution in [-0.2, 0) is 0 Å². The Labute approximate surface area is 120 Å². The predicted molar refractivity (Wildman–Crippen MR) is 76.3 cm³/mol. The lowest BCUT2D eigenvalue weighted by molar-refractivity contribution is 0.176. The fraction of sp³-hybridized carbons (Fsp3) is 0.571. The lowest BCUT2D eigenvalue weighted by atomic mass is 9.86. The number of aromatic nitrogens is 2. The molecule has 2 heterocycles. The first-order chi connectivity index (χ1) is 9.74. The second-order valence-corrected chi connectivity index (χ2v) is 6.08. The van der Waals surface area contributed by atoms with Crippen LogP contribution < -0.4 is 9.47 Å². The van der Waals surface area contributed by atoms with Crippen LogP contribution in [0.1, 0.15) is 26.2 Å². The zero-order chi connectivity index (χ0) is 13.9. The molecule has 1 saturated carbocycles. The van der Waals surface area contributed by atoms with Gasteiger partial charge in [-0.3, -0.25) is 0 Å². The molecule has 3 rings (SSSR count). The molecule has 4 nitrogen and oxygen atoms in total. The maximum Gasteiger partial charge on any atom is 0.276 e. The number of nitrogens with zero attached hydrogens (tertiary/aromatic N) is 2. The lowest BCUT2D eigenvalue weighted by Gasteiger charge is -2.24. The van der Waals surface area contributed by atoms with Gasteiger partial charge in [0.1, 0.15) is 18.3 Å². The summed E-state index contributed by atoms with van der Waals surface area (Å²) in [6.07, 6.45) is 3.33. The Morgan fingerprint density at radius 3 is 2.95 bits per heavy atom. The van der Waals surface area contributed by atoms with Gasteiger partial charge < -0.3 is 9.47 Å². The Bertz CT molecular complexity index is 586. The second-order valence-electron chi connectivity index (χ2n) is 5.14. The monoisotopic (exact) mass is 296 g/mol. The van der Waals surface area contributed by atoms with Crippen LogP contribution in [0.25, 0.3) is 10.3 Å². The van der Waals surface area contributed by atoms with Crippen molar-refractivity contribution in [2.24, 2.45) is 5.92 Å². The number of hydrogen-bond donors (Lipinski definition) is 0. The minimum atomic E-state index is -0.529. The molecule has 1 unspecified atom stereocenters. The quantitative estimate of drug-likeness (QED) is 0.817. The van der Waals surface area contributed by atoms with E-state index in [0.29, 0.717) is 17.0 Å². The van der Waals surface area contributed by atoms with Gasteiger partial charge in [-0.1, -0.05) is 17.8 Å². The van der Waals surface area contributed by atoms with Crippen molar-refractivity contribution >= 4 is 21.7 Å². The van der Waals surface area contributed by atoms with Crippen LogP contribution in [0.3, 0.4) is 0 Å². The lowest BCUT2D eigenvalue weighted by Crippen LogP contribution is -2.19. The summed E-state index contributed by atoms with van der Waals surface area (Å²) in [5, 5.41) is 0.453. The number of alkyl halides is 1. The molecule has 0 spiro atoms. The Balaban J connectivity index is 1.69. The van der Waals surface area contributed by atoms with Gasteiger partial charge in [0, 0.05) is 6.07 Å². The predicted octanol–water partition coefficient (Wildman–Crippen LogP) is 3.61. The third-order valence-electron chi connectivity index (χ3n) is 3.42. The highest BCUT2D eigenvalue weighted by atomic mass is 32.1. The zero-order valence-electron chi connectivity index (χ0n) is 11.3. The van der Waals surface area contributed by atoms with E-state index in [0.717, 1.165) is 17.0 Å². The number of thiazole rings is 1. The van der Waals surface area contributed by atoms with Crippen molar-refractivity contribution < 1.29 is 13.9 Å². The third-order valence-corrected chi connectivity index (χ3v) is 4.28. The van der Waals surface area contributed by atoms with Crippen LogP contribution in [0, 0.1) is 5.92 Å². The van der Waals surface area contributed by atoms with E-state index in [-0.39, 0.29) is 0 Å². The molecule has 0 bridgehead atoms. The first-order valence-electron chi connectivity index (χ1n) is 6.87. The molecular weight excluding hydrogens is 279 g/mol. The van der Waals surface area contributed by atoms with E-state index >= 15 is 0 Å². The highest BCUT2D eigenvalue weighted by molar-refractivity contribution is 7.19. The molecule has 0 aliphatic heterocycles. The average Bonchev–Trinajstić information content (AvgIpc) is 2.78. The molecule has 0 radical (unpaired) electrons. The summed E-state index contributed by atoms with van der Waals surface area (Å²) in [4.78, 5) is 9.46. The summed E-state index contributed by atoms with van der Waals surface area (Å²) in [5.74, 6) is 1.30. The molecular formula is C14H17FN2O2S. The van der Waals surface area contributed by atoms with Gasteiger partial charge in [0.25, 0.3) is 5.19 Å². The van der Waals surface area contributed by atoms with E-state index in [9.17, 15) is 4.39 Å². The largest absolute Gasteiger partial charge is 0.477 e. The van der Waals surface area contributed by atoms with Crippen molar-refractivity contribution in [3.05, 3.63) is 12.1 Å². The Hall–Kier alpha value is -1.43. The Morgan fingerprint density at radius 1 is 1.40 bits per heavy atom. The van der Waals surface area contributed by atoms with Crippen molar-refractivity contribution in [3.8, 4) is 11.1 Å². The van der Waals surface area contributed by atoms with Crippen molar-refractivity contribution in [2.75, 3.05) is 13.3 Å². The summed E-state index contributed by atoms with van der Waals surface area (Å²) < 4.78 is 23.5. The molecule has 20 heavy (non-hydrogen) atoms. The number of hydrogen-bond acceptors (Lipinski definition) is 5. The zero-order valence-corrected chi connectivity index (χ0v) is 12.2. The number of fused-ring (bicyclic) bond motifs is 1. The SMILES string of the molecule is CC(CF)Oc1nc2ccc(OCC3CCC3)nc2s1. The number of pyridine rings is 1. The van der Waals surface area contributed by atoms with Crippen LogP contribution in [0.2, 0.25) is 0 Å². The highest BCUT2D eigenvalue weighted by Crippen LogP contribution is 2.30. The topological polar surface area (TPSA) is 44.2 Å². The van der Waals surface area contributed by atoms with Gasteiger partial charge in [0.05, 0.1) is 6.61 Å². The van der Waals surface area contributed by atoms with E-state index in [1.165, 1.54) is 30.6 Å². The van der Waals surface area contributed by atoms with Crippen molar-refractivity contribution in [1.29, 1.82) is 0 Å². The number of halogens is 1. The fourth-order valence-corrected chi connectivity index (χ4v) is 2.85. The van der Waals surface area contributed by atoms with Gasteiger partial charge in [0.15, 0.2) is 4.83 Å². The Morgan fingerprint density at radius 2 is 2.25 bits per heavy atom. The van der Waals surface area contributed by atoms with Gasteiger partial charge in [-0.15, -0.1) is 0 Å². The maximum atomic E-state index is 12.4. The maximum absolute atomic E-state index is 12.4. The average molecular weight is 296 g/mol. The van der Waals surface area contributed by atoms with Crippen LogP contribution in [-0.4, -0.2) is 29.4 Å². The molecule has 0 N–H and O–H groups in total. The van der Waals surface area contributed by atoms with Crippen molar-refractivity contribution in [2.45, 2.75) is 32.3 Å². The molecule has 1 atom stereocenters. The Kier molecular flexibility index (Phi) is 4.00. The van der Waals surface area contributed by atoms with E-state index in [1.54, 1.807) is 6.92 Å². The molecule has 1 fully saturated rings. The van der Waals surface area contributed by atoms with Crippen LogP contribution in [0.4, 0.5) is 4.39 Å². The van der Waals surface area contributed by atoms with E-state index in [4.69, 9.17) is 9.47 Å². The minimum absolute atomic E-state index is 0.453.